The van der Waals surface area contributed by atoms with E-state index in [2.05, 4.69) is 76.2 Å². The molecule has 1 aromatic carbocycles. The van der Waals surface area contributed by atoms with Crippen molar-refractivity contribution in [2.45, 2.75) is 98.8 Å². The molecule has 3 aromatic rings. The van der Waals surface area contributed by atoms with Gasteiger partial charge in [-0.1, -0.05) is 65.2 Å². The zero-order valence-electron chi connectivity index (χ0n) is 24.7. The highest BCUT2D eigenvalue weighted by atomic mass is 32.1. The van der Waals surface area contributed by atoms with Crippen LogP contribution >= 0.6 is 11.3 Å². The molecule has 2 heterocycles. The van der Waals surface area contributed by atoms with Crippen LogP contribution in [-0.2, 0) is 21.7 Å². The average Bonchev–Trinajstić information content (AvgIpc) is 3.57. The van der Waals surface area contributed by atoms with Crippen LogP contribution in [0.4, 0.5) is 5.13 Å². The van der Waals surface area contributed by atoms with Crippen LogP contribution < -0.4 is 10.6 Å². The lowest BCUT2D eigenvalue weighted by Crippen LogP contribution is -2.32. The Kier molecular flexibility index (Phi) is 13.4. The number of rotatable bonds is 12. The molecule has 2 amide bonds. The van der Waals surface area contributed by atoms with Crippen molar-refractivity contribution in [3.05, 3.63) is 59.2 Å². The number of amides is 2. The first kappa shape index (κ1) is 32.2. The van der Waals surface area contributed by atoms with E-state index in [9.17, 15) is 9.59 Å². The summed E-state index contributed by atoms with van der Waals surface area (Å²) in [5, 5.41) is 7.86. The zero-order chi connectivity index (χ0) is 28.8. The Bertz CT molecular complexity index is 1160. The predicted molar refractivity (Wildman–Crippen MR) is 162 cm³/mol. The van der Waals surface area contributed by atoms with Gasteiger partial charge in [0.2, 0.25) is 5.91 Å². The monoisotopic (exact) mass is 554 g/mol. The molecule has 8 heteroatoms. The molecule has 39 heavy (non-hydrogen) atoms. The first-order valence-corrected chi connectivity index (χ1v) is 14.9. The van der Waals surface area contributed by atoms with Gasteiger partial charge in [0.25, 0.3) is 5.91 Å². The molecule has 0 unspecified atom stereocenters. The van der Waals surface area contributed by atoms with Crippen LogP contribution in [0.25, 0.3) is 11.3 Å². The third-order valence-corrected chi connectivity index (χ3v) is 6.58. The molecule has 0 aliphatic rings. The summed E-state index contributed by atoms with van der Waals surface area (Å²) in [4.78, 5) is 29.4. The topological polar surface area (TPSA) is 85.3 Å². The molecule has 0 atom stereocenters. The van der Waals surface area contributed by atoms with Gasteiger partial charge < -0.3 is 19.9 Å². The van der Waals surface area contributed by atoms with Crippen LogP contribution in [0.2, 0.25) is 0 Å². The van der Waals surface area contributed by atoms with E-state index in [1.165, 1.54) is 17.8 Å². The van der Waals surface area contributed by atoms with Crippen molar-refractivity contribution in [3.63, 3.8) is 0 Å². The number of benzene rings is 1. The van der Waals surface area contributed by atoms with Gasteiger partial charge >= 0.3 is 0 Å². The number of nitrogens with one attached hydrogen (secondary N) is 2. The molecular formula is C31H46N4O3S. The van der Waals surface area contributed by atoms with Crippen molar-refractivity contribution in [1.82, 2.24) is 14.9 Å². The molecule has 0 saturated heterocycles. The summed E-state index contributed by atoms with van der Waals surface area (Å²) in [5.41, 5.74) is 3.29. The number of anilines is 1. The van der Waals surface area contributed by atoms with Gasteiger partial charge in [0, 0.05) is 28.9 Å². The van der Waals surface area contributed by atoms with Crippen molar-refractivity contribution < 1.29 is 14.3 Å². The fourth-order valence-corrected chi connectivity index (χ4v) is 4.56. The van der Waals surface area contributed by atoms with E-state index in [0.29, 0.717) is 23.4 Å². The third-order valence-electron chi connectivity index (χ3n) is 5.82. The number of thiazole rings is 1. The van der Waals surface area contributed by atoms with Crippen LogP contribution in [0.1, 0.15) is 96.5 Å². The van der Waals surface area contributed by atoms with Crippen LogP contribution in [-0.4, -0.2) is 34.0 Å². The minimum Gasteiger partial charge on any atom is -0.374 e. The van der Waals surface area contributed by atoms with Crippen molar-refractivity contribution in [2.24, 2.45) is 0 Å². The van der Waals surface area contributed by atoms with Gasteiger partial charge in [-0.25, -0.2) is 4.98 Å². The summed E-state index contributed by atoms with van der Waals surface area (Å²) in [5.74, 6) is -0.605. The summed E-state index contributed by atoms with van der Waals surface area (Å²) < 4.78 is 8.11. The maximum absolute atomic E-state index is 12.4. The zero-order valence-corrected chi connectivity index (χ0v) is 25.5. The largest absolute Gasteiger partial charge is 0.374 e. The summed E-state index contributed by atoms with van der Waals surface area (Å²) in [6.45, 7) is 15.2. The Morgan fingerprint density at radius 2 is 1.77 bits per heavy atom. The Hall–Kier alpha value is -2.97. The number of nitrogens with zero attached hydrogens (tertiary/aromatic N) is 2. The second-order valence-electron chi connectivity index (χ2n) is 10.7. The number of carbonyl (C=O) groups excluding carboxylic acids is 2. The molecule has 214 valence electrons. The summed E-state index contributed by atoms with van der Waals surface area (Å²) in [7, 11) is 0. The molecule has 3 rings (SSSR count). The SMILES string of the molecule is CCC.CCCC(CCC)OCc1cccc(-c2csc(NC(=O)CNC(=O)c3ccn(C(C)(C)C)c3)n2)c1. The van der Waals surface area contributed by atoms with Gasteiger partial charge in [-0.3, -0.25) is 9.59 Å². The standard InChI is InChI=1S/C28H38N4O3S.C3H8/c1-6-9-23(10-7-2)35-18-20-11-8-12-21(15-20)24-19-36-27(30-24)31-25(33)16-29-26(34)22-13-14-32(17-22)28(3,4)5;1-3-2/h8,11-15,17,19,23H,6-7,9-10,16,18H2,1-5H3,(H,29,34)(H,30,31,33);3H2,1-2H3. The third kappa shape index (κ3) is 11.0. The van der Waals surface area contributed by atoms with Crippen molar-refractivity contribution in [1.29, 1.82) is 0 Å². The molecule has 0 radical (unpaired) electrons. The number of hydrogen-bond donors (Lipinski definition) is 2. The lowest BCUT2D eigenvalue weighted by Gasteiger charge is -2.20. The first-order valence-electron chi connectivity index (χ1n) is 14.0. The van der Waals surface area contributed by atoms with Crippen LogP contribution in [0.5, 0.6) is 0 Å². The summed E-state index contributed by atoms with van der Waals surface area (Å²) in [6, 6.07) is 9.90. The molecule has 0 saturated carbocycles. The fraction of sp³-hybridized carbons (Fsp3) is 0.516. The van der Waals surface area contributed by atoms with Gasteiger partial charge in [0.1, 0.15) is 0 Å². The molecular weight excluding hydrogens is 508 g/mol. The Morgan fingerprint density at radius 1 is 1.08 bits per heavy atom. The molecule has 0 fully saturated rings. The second-order valence-corrected chi connectivity index (χ2v) is 11.5. The van der Waals surface area contributed by atoms with E-state index < -0.39 is 0 Å². The lowest BCUT2D eigenvalue weighted by atomic mass is 10.1. The predicted octanol–water partition coefficient (Wildman–Crippen LogP) is 7.64. The van der Waals surface area contributed by atoms with Crippen molar-refractivity contribution in [3.8, 4) is 11.3 Å². The van der Waals surface area contributed by atoms with Gasteiger partial charge in [0.05, 0.1) is 30.5 Å². The van der Waals surface area contributed by atoms with E-state index in [1.807, 2.05) is 28.3 Å². The minimum atomic E-state index is -0.320. The Labute approximate surface area is 238 Å². The minimum absolute atomic E-state index is 0.114. The highest BCUT2D eigenvalue weighted by molar-refractivity contribution is 7.14. The number of aromatic nitrogens is 2. The molecule has 0 aliphatic heterocycles. The number of ether oxygens (including phenoxy) is 1. The average molecular weight is 555 g/mol. The second kappa shape index (κ2) is 16.2. The highest BCUT2D eigenvalue weighted by Crippen LogP contribution is 2.26. The number of carbonyl (C=O) groups is 2. The molecule has 7 nitrogen and oxygen atoms in total. The molecule has 2 N–H and O–H groups in total. The van der Waals surface area contributed by atoms with E-state index in [0.717, 1.165) is 42.5 Å². The summed E-state index contributed by atoms with van der Waals surface area (Å²) in [6.07, 6.45) is 9.58. The maximum Gasteiger partial charge on any atom is 0.253 e. The van der Waals surface area contributed by atoms with Gasteiger partial charge in [-0.15, -0.1) is 11.3 Å². The van der Waals surface area contributed by atoms with E-state index in [4.69, 9.17) is 4.74 Å². The van der Waals surface area contributed by atoms with Gasteiger partial charge in [-0.2, -0.15) is 0 Å². The van der Waals surface area contributed by atoms with Gasteiger partial charge in [0.15, 0.2) is 5.13 Å². The van der Waals surface area contributed by atoms with E-state index >= 15 is 0 Å². The lowest BCUT2D eigenvalue weighted by molar-refractivity contribution is -0.115. The highest BCUT2D eigenvalue weighted by Gasteiger charge is 2.16. The molecule has 0 aliphatic carbocycles. The van der Waals surface area contributed by atoms with E-state index in [1.54, 1.807) is 12.3 Å². The Balaban J connectivity index is 0.00000170. The normalized spacial score (nSPS) is 11.2. The summed E-state index contributed by atoms with van der Waals surface area (Å²) >= 11 is 1.36. The molecule has 0 bridgehead atoms. The van der Waals surface area contributed by atoms with E-state index in [-0.39, 0.29) is 23.9 Å². The van der Waals surface area contributed by atoms with Gasteiger partial charge in [-0.05, 0) is 51.3 Å². The quantitative estimate of drug-likeness (QED) is 0.241. The van der Waals surface area contributed by atoms with Crippen LogP contribution in [0, 0.1) is 0 Å². The first-order chi connectivity index (χ1) is 18.6. The number of hydrogen-bond acceptors (Lipinski definition) is 5. The Morgan fingerprint density at radius 3 is 2.38 bits per heavy atom. The molecule has 2 aromatic heterocycles. The van der Waals surface area contributed by atoms with Crippen molar-refractivity contribution >= 4 is 28.3 Å². The fourth-order valence-electron chi connectivity index (χ4n) is 3.83. The van der Waals surface area contributed by atoms with Crippen molar-refractivity contribution in [2.75, 3.05) is 11.9 Å². The van der Waals surface area contributed by atoms with Crippen LogP contribution in [0.3, 0.4) is 0 Å². The smallest absolute Gasteiger partial charge is 0.253 e. The molecule has 0 spiro atoms. The van der Waals surface area contributed by atoms with Crippen LogP contribution in [0.15, 0.2) is 48.1 Å². The maximum atomic E-state index is 12.4.